The van der Waals surface area contributed by atoms with Crippen LogP contribution in [0.3, 0.4) is 0 Å². The Morgan fingerprint density at radius 2 is 0.900 bits per heavy atom. The number of rotatable bonds is 7. The second-order valence-electron chi connectivity index (χ2n) is 9.93. The van der Waals surface area contributed by atoms with Crippen LogP contribution in [-0.4, -0.2) is 28.6 Å². The molecule has 202 valence electrons. The summed E-state index contributed by atoms with van der Waals surface area (Å²) in [5.74, 6) is -1.64. The first-order valence-electron chi connectivity index (χ1n) is 12.6. The van der Waals surface area contributed by atoms with Crippen LogP contribution in [0.15, 0.2) is 97.1 Å². The SMILES string of the molecule is CC(C)(C)C(=O)Nc1ccccc1NC(=O)c1cccc(C(=O)Nc2ccccc2NC(=O)c2ccccc2)n1. The first kappa shape index (κ1) is 27.7. The van der Waals surface area contributed by atoms with Crippen molar-refractivity contribution >= 4 is 46.4 Å². The average molecular weight is 536 g/mol. The molecule has 0 aliphatic rings. The first-order chi connectivity index (χ1) is 19.1. The highest BCUT2D eigenvalue weighted by molar-refractivity contribution is 6.10. The number of hydrogen-bond donors (Lipinski definition) is 4. The van der Waals surface area contributed by atoms with Crippen LogP contribution in [0, 0.1) is 5.41 Å². The number of pyridine rings is 1. The highest BCUT2D eigenvalue weighted by Crippen LogP contribution is 2.25. The molecule has 0 saturated carbocycles. The number of hydrogen-bond acceptors (Lipinski definition) is 5. The lowest BCUT2D eigenvalue weighted by Crippen LogP contribution is -2.28. The molecule has 0 atom stereocenters. The molecule has 1 heterocycles. The van der Waals surface area contributed by atoms with Crippen LogP contribution in [0.2, 0.25) is 0 Å². The van der Waals surface area contributed by atoms with Gasteiger partial charge in [0.05, 0.1) is 22.7 Å². The van der Waals surface area contributed by atoms with E-state index >= 15 is 0 Å². The predicted octanol–water partition coefficient (Wildman–Crippen LogP) is 5.82. The van der Waals surface area contributed by atoms with E-state index in [0.717, 1.165) is 0 Å². The van der Waals surface area contributed by atoms with E-state index in [1.54, 1.807) is 99.6 Å². The molecule has 0 bridgehead atoms. The minimum atomic E-state index is -0.622. The zero-order valence-electron chi connectivity index (χ0n) is 22.3. The maximum atomic E-state index is 13.1. The van der Waals surface area contributed by atoms with Gasteiger partial charge in [-0.05, 0) is 48.5 Å². The first-order valence-corrected chi connectivity index (χ1v) is 12.6. The van der Waals surface area contributed by atoms with E-state index in [1.165, 1.54) is 12.1 Å². The molecule has 0 aliphatic carbocycles. The summed E-state index contributed by atoms with van der Waals surface area (Å²) in [7, 11) is 0. The molecule has 1 aromatic heterocycles. The van der Waals surface area contributed by atoms with Crippen LogP contribution in [0.25, 0.3) is 0 Å². The van der Waals surface area contributed by atoms with Crippen molar-refractivity contribution in [3.8, 4) is 0 Å². The van der Waals surface area contributed by atoms with Gasteiger partial charge in [-0.15, -0.1) is 0 Å². The second-order valence-corrected chi connectivity index (χ2v) is 9.93. The standard InChI is InChI=1S/C31H29N5O4/c1-31(2,3)30(40)36-24-17-10-9-16-23(24)35-29(39)26-19-11-18-25(32-26)28(38)34-22-15-8-7-14-21(22)33-27(37)20-12-5-4-6-13-20/h4-19H,1-3H3,(H,33,37)(H,34,38)(H,35,39)(H,36,40). The highest BCUT2D eigenvalue weighted by atomic mass is 16.2. The van der Waals surface area contributed by atoms with E-state index in [0.29, 0.717) is 28.3 Å². The zero-order valence-corrected chi connectivity index (χ0v) is 22.3. The Labute approximate surface area is 232 Å². The summed E-state index contributed by atoms with van der Waals surface area (Å²) in [6.07, 6.45) is 0. The number of aromatic nitrogens is 1. The molecule has 0 spiro atoms. The number of carbonyl (C=O) groups excluding carboxylic acids is 4. The van der Waals surface area contributed by atoms with Crippen molar-refractivity contribution in [1.29, 1.82) is 0 Å². The minimum Gasteiger partial charge on any atom is -0.324 e. The molecule has 0 unspecified atom stereocenters. The topological polar surface area (TPSA) is 129 Å². The largest absolute Gasteiger partial charge is 0.324 e. The molecule has 0 saturated heterocycles. The number of nitrogens with one attached hydrogen (secondary N) is 4. The monoisotopic (exact) mass is 535 g/mol. The van der Waals surface area contributed by atoms with E-state index in [1.807, 2.05) is 6.07 Å². The number of carbonyl (C=O) groups is 4. The summed E-state index contributed by atoms with van der Waals surface area (Å²) in [4.78, 5) is 55.4. The van der Waals surface area contributed by atoms with Crippen molar-refractivity contribution in [2.24, 2.45) is 5.41 Å². The fraction of sp³-hybridized carbons (Fsp3) is 0.129. The van der Waals surface area contributed by atoms with Crippen molar-refractivity contribution in [1.82, 2.24) is 4.98 Å². The lowest BCUT2D eigenvalue weighted by atomic mass is 9.95. The molecule has 4 aromatic rings. The van der Waals surface area contributed by atoms with Crippen LogP contribution < -0.4 is 21.3 Å². The minimum absolute atomic E-state index is 0.00570. The van der Waals surface area contributed by atoms with Gasteiger partial charge in [-0.1, -0.05) is 69.3 Å². The van der Waals surface area contributed by atoms with Crippen molar-refractivity contribution in [2.75, 3.05) is 21.3 Å². The van der Waals surface area contributed by atoms with E-state index in [4.69, 9.17) is 0 Å². The molecule has 0 fully saturated rings. The molecule has 0 radical (unpaired) electrons. The van der Waals surface area contributed by atoms with Gasteiger partial charge in [-0.25, -0.2) is 4.98 Å². The molecular weight excluding hydrogens is 506 g/mol. The van der Waals surface area contributed by atoms with Gasteiger partial charge in [0.15, 0.2) is 0 Å². The van der Waals surface area contributed by atoms with Crippen molar-refractivity contribution in [3.05, 3.63) is 114 Å². The molecule has 0 aliphatic heterocycles. The van der Waals surface area contributed by atoms with Gasteiger partial charge in [-0.3, -0.25) is 19.2 Å². The van der Waals surface area contributed by atoms with Crippen LogP contribution in [0.1, 0.15) is 52.1 Å². The Morgan fingerprint density at radius 3 is 1.35 bits per heavy atom. The fourth-order valence-electron chi connectivity index (χ4n) is 3.56. The van der Waals surface area contributed by atoms with Gasteiger partial charge in [0, 0.05) is 11.0 Å². The average Bonchev–Trinajstić information content (AvgIpc) is 2.95. The Kier molecular flexibility index (Phi) is 8.34. The van der Waals surface area contributed by atoms with E-state index < -0.39 is 17.2 Å². The third kappa shape index (κ3) is 6.96. The van der Waals surface area contributed by atoms with E-state index in [-0.39, 0.29) is 23.2 Å². The Morgan fingerprint density at radius 1 is 0.500 bits per heavy atom. The molecule has 9 nitrogen and oxygen atoms in total. The van der Waals surface area contributed by atoms with Gasteiger partial charge >= 0.3 is 0 Å². The van der Waals surface area contributed by atoms with Gasteiger partial charge < -0.3 is 21.3 Å². The fourth-order valence-corrected chi connectivity index (χ4v) is 3.56. The summed E-state index contributed by atoms with van der Waals surface area (Å²) >= 11 is 0. The van der Waals surface area contributed by atoms with E-state index in [9.17, 15) is 19.2 Å². The number of benzene rings is 3. The second kappa shape index (κ2) is 12.0. The van der Waals surface area contributed by atoms with Gasteiger partial charge in [0.2, 0.25) is 5.91 Å². The summed E-state index contributed by atoms with van der Waals surface area (Å²) < 4.78 is 0. The number of para-hydroxylation sites is 4. The quantitative estimate of drug-likeness (QED) is 0.237. The van der Waals surface area contributed by atoms with Crippen molar-refractivity contribution in [2.45, 2.75) is 20.8 Å². The van der Waals surface area contributed by atoms with Gasteiger partial charge in [-0.2, -0.15) is 0 Å². The molecule has 40 heavy (non-hydrogen) atoms. The van der Waals surface area contributed by atoms with E-state index in [2.05, 4.69) is 26.3 Å². The predicted molar refractivity (Wildman–Crippen MR) is 156 cm³/mol. The Balaban J connectivity index is 1.48. The summed E-state index contributed by atoms with van der Waals surface area (Å²) in [6, 6.07) is 26.8. The third-order valence-corrected chi connectivity index (χ3v) is 5.78. The number of nitrogens with zero attached hydrogens (tertiary/aromatic N) is 1. The Hall–Kier alpha value is -5.31. The number of anilines is 4. The summed E-state index contributed by atoms with van der Waals surface area (Å²) in [5, 5.41) is 11.1. The molecular formula is C31H29N5O4. The van der Waals surface area contributed by atoms with Crippen molar-refractivity contribution < 1.29 is 19.2 Å². The van der Waals surface area contributed by atoms with Crippen LogP contribution in [0.5, 0.6) is 0 Å². The molecule has 9 heteroatoms. The molecule has 4 N–H and O–H groups in total. The lowest BCUT2D eigenvalue weighted by molar-refractivity contribution is -0.123. The maximum absolute atomic E-state index is 13.1. The van der Waals surface area contributed by atoms with Crippen LogP contribution >= 0.6 is 0 Å². The third-order valence-electron chi connectivity index (χ3n) is 5.78. The lowest BCUT2D eigenvalue weighted by Gasteiger charge is -2.19. The van der Waals surface area contributed by atoms with Crippen molar-refractivity contribution in [3.63, 3.8) is 0 Å². The smallest absolute Gasteiger partial charge is 0.274 e. The normalized spacial score (nSPS) is 10.8. The Bertz CT molecular complexity index is 1560. The maximum Gasteiger partial charge on any atom is 0.274 e. The van der Waals surface area contributed by atoms with Crippen LogP contribution in [0.4, 0.5) is 22.7 Å². The zero-order chi connectivity index (χ0) is 28.7. The van der Waals surface area contributed by atoms with Crippen LogP contribution in [-0.2, 0) is 4.79 Å². The molecule has 4 amide bonds. The molecule has 3 aromatic carbocycles. The highest BCUT2D eigenvalue weighted by Gasteiger charge is 2.22. The van der Waals surface area contributed by atoms with Gasteiger partial charge in [0.1, 0.15) is 11.4 Å². The summed E-state index contributed by atoms with van der Waals surface area (Å²) in [6.45, 7) is 5.37. The number of amides is 4. The molecule has 4 rings (SSSR count). The van der Waals surface area contributed by atoms with Gasteiger partial charge in [0.25, 0.3) is 17.7 Å². The summed E-state index contributed by atoms with van der Waals surface area (Å²) in [5.41, 5.74) is 1.49.